The molecule has 3 saturated heterocycles. The van der Waals surface area contributed by atoms with Crippen molar-refractivity contribution in [2.75, 3.05) is 32.9 Å². The second-order valence-corrected chi connectivity index (χ2v) is 8.16. The molecule has 3 aliphatic heterocycles. The van der Waals surface area contributed by atoms with Gasteiger partial charge in [0, 0.05) is 40.7 Å². The molecular weight excluding hydrogens is 426 g/mol. The molecule has 2 aromatic carbocycles. The van der Waals surface area contributed by atoms with Gasteiger partial charge in [-0.3, -0.25) is 10.6 Å². The SMILES string of the molecule is c1cc(-c2nnco2)c2c(C3NCCO3)c(-c3ncco3)c(C3CO3)c(C3NCCO3)c2c1. The third-order valence-electron chi connectivity index (χ3n) is 6.30. The molecule has 3 atom stereocenters. The molecule has 3 unspecified atom stereocenters. The Hall–Kier alpha value is -3.15. The van der Waals surface area contributed by atoms with Crippen LogP contribution in [0.25, 0.3) is 33.7 Å². The molecule has 0 saturated carbocycles. The standard InChI is InChI=1S/C23H21N5O5/c1-2-12-15(13(3-1)20-28-27-11-33-20)18(22-25-5-8-30-22)19(23-26-6-9-31-23)17(14-10-32-14)16(12)21-24-4-7-29-21/h1-3,6,9,11,14,21-22,24-25H,4-5,7-8,10H2. The van der Waals surface area contributed by atoms with Gasteiger partial charge in [-0.25, -0.2) is 4.98 Å². The van der Waals surface area contributed by atoms with E-state index in [4.69, 9.17) is 23.0 Å². The molecule has 5 heterocycles. The van der Waals surface area contributed by atoms with Crippen LogP contribution in [-0.4, -0.2) is 48.1 Å². The predicted octanol–water partition coefficient (Wildman–Crippen LogP) is 2.85. The number of aromatic nitrogens is 3. The zero-order chi connectivity index (χ0) is 21.8. The van der Waals surface area contributed by atoms with E-state index in [2.05, 4.69) is 31.9 Å². The van der Waals surface area contributed by atoms with E-state index in [0.717, 1.165) is 51.7 Å². The van der Waals surface area contributed by atoms with Crippen LogP contribution in [-0.2, 0) is 14.2 Å². The Bertz CT molecular complexity index is 1290. The molecule has 0 amide bonds. The van der Waals surface area contributed by atoms with E-state index in [1.54, 1.807) is 12.5 Å². The highest BCUT2D eigenvalue weighted by Gasteiger charge is 2.40. The Labute approximate surface area is 188 Å². The number of nitrogens with one attached hydrogen (secondary N) is 2. The number of fused-ring (bicyclic) bond motifs is 1. The van der Waals surface area contributed by atoms with Gasteiger partial charge >= 0.3 is 0 Å². The Morgan fingerprint density at radius 1 is 0.879 bits per heavy atom. The topological polar surface area (TPSA) is 120 Å². The molecule has 33 heavy (non-hydrogen) atoms. The molecule has 0 spiro atoms. The molecule has 4 aromatic rings. The lowest BCUT2D eigenvalue weighted by Crippen LogP contribution is -2.21. The second-order valence-electron chi connectivity index (χ2n) is 8.16. The van der Waals surface area contributed by atoms with Gasteiger partial charge in [0.2, 0.25) is 18.2 Å². The fraction of sp³-hybridized carbons (Fsp3) is 0.348. The smallest absolute Gasteiger partial charge is 0.248 e. The Balaban J connectivity index is 1.66. The third-order valence-corrected chi connectivity index (χ3v) is 6.30. The first kappa shape index (κ1) is 19.3. The van der Waals surface area contributed by atoms with E-state index in [-0.39, 0.29) is 18.6 Å². The van der Waals surface area contributed by atoms with Gasteiger partial charge in [0.1, 0.15) is 24.8 Å². The summed E-state index contributed by atoms with van der Waals surface area (Å²) in [7, 11) is 0. The molecule has 2 N–H and O–H groups in total. The average Bonchev–Trinajstić information content (AvgIpc) is 3.44. The maximum atomic E-state index is 6.14. The second kappa shape index (κ2) is 7.72. The summed E-state index contributed by atoms with van der Waals surface area (Å²) in [6, 6.07) is 6.07. The Kier molecular flexibility index (Phi) is 4.52. The van der Waals surface area contributed by atoms with Crippen molar-refractivity contribution < 1.29 is 23.0 Å². The van der Waals surface area contributed by atoms with Gasteiger partial charge < -0.3 is 23.0 Å². The largest absolute Gasteiger partial charge is 0.445 e. The first-order valence-corrected chi connectivity index (χ1v) is 11.0. The van der Waals surface area contributed by atoms with E-state index >= 15 is 0 Å². The summed E-state index contributed by atoms with van der Waals surface area (Å²) in [5.41, 5.74) is 4.62. The van der Waals surface area contributed by atoms with Crippen molar-refractivity contribution in [3.63, 3.8) is 0 Å². The lowest BCUT2D eigenvalue weighted by Gasteiger charge is -2.26. The number of oxazole rings is 1. The normalized spacial score (nSPS) is 24.7. The van der Waals surface area contributed by atoms with Crippen molar-refractivity contribution in [3.8, 4) is 22.9 Å². The average molecular weight is 447 g/mol. The fourth-order valence-corrected chi connectivity index (χ4v) is 4.98. The van der Waals surface area contributed by atoms with Crippen LogP contribution in [0.4, 0.5) is 0 Å². The van der Waals surface area contributed by atoms with Crippen molar-refractivity contribution in [2.45, 2.75) is 18.6 Å². The lowest BCUT2D eigenvalue weighted by atomic mass is 9.84. The molecule has 3 aliphatic rings. The molecule has 0 bridgehead atoms. The highest BCUT2D eigenvalue weighted by molar-refractivity contribution is 6.04. The summed E-state index contributed by atoms with van der Waals surface area (Å²) in [4.78, 5) is 4.54. The van der Waals surface area contributed by atoms with Gasteiger partial charge in [-0.05, 0) is 11.5 Å². The zero-order valence-corrected chi connectivity index (χ0v) is 17.6. The molecule has 10 nitrogen and oxygen atoms in total. The molecule has 0 aliphatic carbocycles. The zero-order valence-electron chi connectivity index (χ0n) is 17.6. The molecular formula is C23H21N5O5. The predicted molar refractivity (Wildman–Crippen MR) is 115 cm³/mol. The Morgan fingerprint density at radius 2 is 1.70 bits per heavy atom. The van der Waals surface area contributed by atoms with E-state index < -0.39 is 0 Å². The van der Waals surface area contributed by atoms with Crippen LogP contribution in [0.3, 0.4) is 0 Å². The van der Waals surface area contributed by atoms with Crippen LogP contribution < -0.4 is 10.6 Å². The van der Waals surface area contributed by atoms with E-state index in [0.29, 0.717) is 31.6 Å². The van der Waals surface area contributed by atoms with Gasteiger partial charge in [-0.15, -0.1) is 10.2 Å². The van der Waals surface area contributed by atoms with Gasteiger partial charge in [0.15, 0.2) is 0 Å². The molecule has 3 fully saturated rings. The van der Waals surface area contributed by atoms with Crippen LogP contribution in [0.1, 0.15) is 35.3 Å². The van der Waals surface area contributed by atoms with E-state index in [9.17, 15) is 0 Å². The number of epoxide rings is 1. The van der Waals surface area contributed by atoms with Crippen molar-refractivity contribution in [1.82, 2.24) is 25.8 Å². The highest BCUT2D eigenvalue weighted by Crippen LogP contribution is 2.51. The number of nitrogens with zero attached hydrogens (tertiary/aromatic N) is 3. The fourth-order valence-electron chi connectivity index (χ4n) is 4.98. The number of rotatable bonds is 5. The maximum absolute atomic E-state index is 6.14. The minimum atomic E-state index is -0.359. The summed E-state index contributed by atoms with van der Waals surface area (Å²) < 4.78 is 29.6. The highest BCUT2D eigenvalue weighted by atomic mass is 16.6. The number of hydrogen-bond acceptors (Lipinski definition) is 10. The van der Waals surface area contributed by atoms with Gasteiger partial charge in [-0.2, -0.15) is 0 Å². The van der Waals surface area contributed by atoms with Crippen LogP contribution in [0.5, 0.6) is 0 Å². The summed E-state index contributed by atoms with van der Waals surface area (Å²) in [5.74, 6) is 0.939. The monoisotopic (exact) mass is 447 g/mol. The van der Waals surface area contributed by atoms with Gasteiger partial charge in [-0.1, -0.05) is 12.1 Å². The van der Waals surface area contributed by atoms with E-state index in [1.807, 2.05) is 12.1 Å². The number of ether oxygens (including phenoxy) is 3. The van der Waals surface area contributed by atoms with E-state index in [1.165, 1.54) is 6.39 Å². The first-order valence-electron chi connectivity index (χ1n) is 11.0. The van der Waals surface area contributed by atoms with Crippen LogP contribution in [0.15, 0.2) is 45.9 Å². The van der Waals surface area contributed by atoms with Crippen molar-refractivity contribution in [3.05, 3.63) is 53.7 Å². The molecule has 168 valence electrons. The molecule has 2 aromatic heterocycles. The van der Waals surface area contributed by atoms with Crippen LogP contribution in [0.2, 0.25) is 0 Å². The minimum absolute atomic E-state index is 0.0792. The quantitative estimate of drug-likeness (QED) is 0.442. The maximum Gasteiger partial charge on any atom is 0.248 e. The number of hydrogen-bond donors (Lipinski definition) is 2. The molecule has 0 radical (unpaired) electrons. The van der Waals surface area contributed by atoms with Crippen molar-refractivity contribution >= 4 is 10.8 Å². The van der Waals surface area contributed by atoms with Crippen LogP contribution in [0, 0.1) is 0 Å². The summed E-state index contributed by atoms with van der Waals surface area (Å²) in [5, 5.41) is 17.0. The molecule has 7 rings (SSSR count). The summed E-state index contributed by atoms with van der Waals surface area (Å²) >= 11 is 0. The summed E-state index contributed by atoms with van der Waals surface area (Å²) in [6.45, 7) is 3.36. The van der Waals surface area contributed by atoms with Crippen molar-refractivity contribution in [2.24, 2.45) is 0 Å². The van der Waals surface area contributed by atoms with Gasteiger partial charge in [0.25, 0.3) is 0 Å². The first-order chi connectivity index (χ1) is 16.4. The lowest BCUT2D eigenvalue weighted by molar-refractivity contribution is 0.100. The third kappa shape index (κ3) is 3.10. The van der Waals surface area contributed by atoms with Crippen molar-refractivity contribution in [1.29, 1.82) is 0 Å². The minimum Gasteiger partial charge on any atom is -0.445 e. The summed E-state index contributed by atoms with van der Waals surface area (Å²) in [6.07, 6.45) is 3.84. The van der Waals surface area contributed by atoms with Crippen LogP contribution >= 0.6 is 0 Å². The van der Waals surface area contributed by atoms with Gasteiger partial charge in [0.05, 0.1) is 31.6 Å². The number of benzene rings is 2. The molecule has 10 heteroatoms. The Morgan fingerprint density at radius 3 is 2.33 bits per heavy atom.